The van der Waals surface area contributed by atoms with Crippen molar-refractivity contribution in [3.8, 4) is 11.6 Å². The number of nitrogens with two attached hydrogens (primary N) is 1. The third-order valence-electron chi connectivity index (χ3n) is 6.65. The number of primary amides is 1. The summed E-state index contributed by atoms with van der Waals surface area (Å²) in [5.41, 5.74) is 8.52. The van der Waals surface area contributed by atoms with E-state index in [0.717, 1.165) is 43.1 Å². The normalized spacial score (nSPS) is 14.0. The average molecular weight is 561 g/mol. The van der Waals surface area contributed by atoms with E-state index >= 15 is 0 Å². The van der Waals surface area contributed by atoms with Gasteiger partial charge in [0.25, 0.3) is 5.91 Å². The highest BCUT2D eigenvalue weighted by molar-refractivity contribution is 5.96. The lowest BCUT2D eigenvalue weighted by molar-refractivity contribution is -0.154. The van der Waals surface area contributed by atoms with Gasteiger partial charge in [0.15, 0.2) is 11.5 Å². The number of rotatable bonds is 10. The number of carbonyl (C=O) groups excluding carboxylic acids is 2. The first-order valence-electron chi connectivity index (χ1n) is 14.0. The summed E-state index contributed by atoms with van der Waals surface area (Å²) >= 11 is 0. The molecule has 1 saturated heterocycles. The largest absolute Gasteiger partial charge is 0.460 e. The van der Waals surface area contributed by atoms with Gasteiger partial charge in [-0.25, -0.2) is 4.98 Å². The number of piperazine rings is 1. The molecular formula is C31H40N6O4. The van der Waals surface area contributed by atoms with Crippen LogP contribution < -0.4 is 20.7 Å². The van der Waals surface area contributed by atoms with Gasteiger partial charge < -0.3 is 30.3 Å². The van der Waals surface area contributed by atoms with Gasteiger partial charge in [-0.15, -0.1) is 0 Å². The quantitative estimate of drug-likeness (QED) is 0.340. The molecule has 1 aromatic heterocycles. The summed E-state index contributed by atoms with van der Waals surface area (Å²) in [5.74, 6) is 0.109. The minimum Gasteiger partial charge on any atom is -0.460 e. The summed E-state index contributed by atoms with van der Waals surface area (Å²) in [4.78, 5) is 38.2. The summed E-state index contributed by atoms with van der Waals surface area (Å²) < 4.78 is 11.6. The van der Waals surface area contributed by atoms with Crippen molar-refractivity contribution in [2.75, 3.05) is 43.4 Å². The van der Waals surface area contributed by atoms with Gasteiger partial charge in [-0.1, -0.05) is 19.1 Å². The Balaban J connectivity index is 1.51. The molecule has 0 aliphatic carbocycles. The van der Waals surface area contributed by atoms with Gasteiger partial charge in [-0.3, -0.25) is 9.59 Å². The lowest BCUT2D eigenvalue weighted by Crippen LogP contribution is -2.44. The van der Waals surface area contributed by atoms with Gasteiger partial charge in [0.05, 0.1) is 0 Å². The molecule has 0 saturated carbocycles. The Morgan fingerprint density at radius 2 is 1.73 bits per heavy atom. The van der Waals surface area contributed by atoms with Crippen LogP contribution in [0.15, 0.2) is 48.5 Å². The van der Waals surface area contributed by atoms with E-state index in [1.807, 2.05) is 76.2 Å². The van der Waals surface area contributed by atoms with Crippen molar-refractivity contribution in [3.05, 3.63) is 65.5 Å². The molecule has 2 heterocycles. The Morgan fingerprint density at radius 3 is 2.37 bits per heavy atom. The summed E-state index contributed by atoms with van der Waals surface area (Å²) in [6.45, 7) is 11.5. The van der Waals surface area contributed by atoms with E-state index in [9.17, 15) is 9.59 Å². The molecule has 1 fully saturated rings. The highest BCUT2D eigenvalue weighted by Gasteiger charge is 2.20. The van der Waals surface area contributed by atoms with Crippen molar-refractivity contribution in [1.82, 2.24) is 14.9 Å². The molecule has 2 aromatic carbocycles. The van der Waals surface area contributed by atoms with Gasteiger partial charge in [0.2, 0.25) is 5.88 Å². The number of aryl methyl sites for hydroxylation is 2. The molecule has 1 aliphatic rings. The van der Waals surface area contributed by atoms with E-state index in [0.29, 0.717) is 24.3 Å². The van der Waals surface area contributed by atoms with E-state index in [1.54, 1.807) is 0 Å². The Kier molecular flexibility index (Phi) is 9.44. The maximum Gasteiger partial charge on any atom is 0.306 e. The predicted octanol–water partition coefficient (Wildman–Crippen LogP) is 4.70. The average Bonchev–Trinajstić information content (AvgIpc) is 2.92. The third-order valence-corrected chi connectivity index (χ3v) is 6.65. The number of benzene rings is 2. The number of amides is 1. The van der Waals surface area contributed by atoms with Gasteiger partial charge in [-0.05, 0) is 82.6 Å². The SMILES string of the molecule is CCc1nc(C(N)=O)c(Nc2ccc(N3CCN(C)CC3)cc2)nc1Oc1cccc(CCC(=O)OC(C)(C)C)c1. The van der Waals surface area contributed by atoms with Crippen molar-refractivity contribution >= 4 is 29.1 Å². The summed E-state index contributed by atoms with van der Waals surface area (Å²) in [5, 5.41) is 3.20. The minimum absolute atomic E-state index is 0.0449. The lowest BCUT2D eigenvalue weighted by Gasteiger charge is -2.34. The number of hydrogen-bond acceptors (Lipinski definition) is 9. The summed E-state index contributed by atoms with van der Waals surface area (Å²) in [7, 11) is 2.13. The van der Waals surface area contributed by atoms with Crippen molar-refractivity contribution in [2.45, 2.75) is 52.6 Å². The highest BCUT2D eigenvalue weighted by atomic mass is 16.6. The van der Waals surface area contributed by atoms with Crippen molar-refractivity contribution in [2.24, 2.45) is 5.73 Å². The van der Waals surface area contributed by atoms with Crippen LogP contribution in [0.3, 0.4) is 0 Å². The molecule has 218 valence electrons. The van der Waals surface area contributed by atoms with Gasteiger partial charge in [0.1, 0.15) is 17.0 Å². The topological polar surface area (TPSA) is 123 Å². The number of hydrogen-bond donors (Lipinski definition) is 2. The van der Waals surface area contributed by atoms with E-state index in [-0.39, 0.29) is 29.8 Å². The Morgan fingerprint density at radius 1 is 1.02 bits per heavy atom. The van der Waals surface area contributed by atoms with Crippen LogP contribution in [0.4, 0.5) is 17.2 Å². The van der Waals surface area contributed by atoms with Crippen molar-refractivity contribution in [1.29, 1.82) is 0 Å². The van der Waals surface area contributed by atoms with Crippen LogP contribution in [0, 0.1) is 0 Å². The number of aromatic nitrogens is 2. The molecule has 0 spiro atoms. The highest BCUT2D eigenvalue weighted by Crippen LogP contribution is 2.29. The molecular weight excluding hydrogens is 520 g/mol. The fraction of sp³-hybridized carbons (Fsp3) is 0.419. The molecule has 0 unspecified atom stereocenters. The first-order chi connectivity index (χ1) is 19.5. The maximum absolute atomic E-state index is 12.3. The number of esters is 1. The number of carbonyl (C=O) groups is 2. The second-order valence-electron chi connectivity index (χ2n) is 11.2. The fourth-order valence-corrected chi connectivity index (χ4v) is 4.50. The molecule has 3 aromatic rings. The molecule has 1 aliphatic heterocycles. The molecule has 0 atom stereocenters. The van der Waals surface area contributed by atoms with Crippen LogP contribution in [0.2, 0.25) is 0 Å². The van der Waals surface area contributed by atoms with Crippen LogP contribution in [0.25, 0.3) is 0 Å². The van der Waals surface area contributed by atoms with Crippen LogP contribution in [0.1, 0.15) is 55.9 Å². The Bertz CT molecular complexity index is 1360. The predicted molar refractivity (Wildman–Crippen MR) is 160 cm³/mol. The maximum atomic E-state index is 12.3. The second kappa shape index (κ2) is 13.0. The van der Waals surface area contributed by atoms with Gasteiger partial charge in [-0.2, -0.15) is 4.98 Å². The molecule has 4 rings (SSSR count). The van der Waals surface area contributed by atoms with E-state index < -0.39 is 11.5 Å². The van der Waals surface area contributed by atoms with Crippen LogP contribution in [-0.4, -0.2) is 65.6 Å². The molecule has 10 heteroatoms. The smallest absolute Gasteiger partial charge is 0.306 e. The molecule has 41 heavy (non-hydrogen) atoms. The molecule has 10 nitrogen and oxygen atoms in total. The standard InChI is InChI=1S/C31H40N6O4/c1-6-25-30(40-24-9-7-8-21(20-24)10-15-26(38)41-31(2,3)4)35-29(27(34-25)28(32)39)33-22-11-13-23(14-12-22)37-18-16-36(5)17-19-37/h7-9,11-14,20H,6,10,15-19H2,1-5H3,(H2,32,39)(H,33,35). The number of likely N-dealkylation sites (N-methyl/N-ethyl adjacent to an activating group) is 1. The molecule has 0 radical (unpaired) electrons. The van der Waals surface area contributed by atoms with E-state index in [1.165, 1.54) is 0 Å². The van der Waals surface area contributed by atoms with Gasteiger partial charge >= 0.3 is 5.97 Å². The van der Waals surface area contributed by atoms with Crippen LogP contribution in [-0.2, 0) is 22.4 Å². The number of anilines is 3. The Hall–Kier alpha value is -4.18. The summed E-state index contributed by atoms with van der Waals surface area (Å²) in [6, 6.07) is 15.4. The van der Waals surface area contributed by atoms with Crippen LogP contribution >= 0.6 is 0 Å². The number of nitrogens with zero attached hydrogens (tertiary/aromatic N) is 4. The monoisotopic (exact) mass is 560 g/mol. The van der Waals surface area contributed by atoms with Crippen molar-refractivity contribution < 1.29 is 19.1 Å². The van der Waals surface area contributed by atoms with E-state index in [2.05, 4.69) is 32.1 Å². The third kappa shape index (κ3) is 8.40. The van der Waals surface area contributed by atoms with Gasteiger partial charge in [0, 0.05) is 44.0 Å². The zero-order chi connectivity index (χ0) is 29.6. The zero-order valence-corrected chi connectivity index (χ0v) is 24.6. The number of ether oxygens (including phenoxy) is 2. The first-order valence-corrected chi connectivity index (χ1v) is 14.0. The van der Waals surface area contributed by atoms with Crippen molar-refractivity contribution in [3.63, 3.8) is 0 Å². The van der Waals surface area contributed by atoms with Crippen LogP contribution in [0.5, 0.6) is 11.6 Å². The fourth-order valence-electron chi connectivity index (χ4n) is 4.50. The Labute approximate surface area is 241 Å². The number of nitrogens with one attached hydrogen (secondary N) is 1. The molecule has 3 N–H and O–H groups in total. The second-order valence-corrected chi connectivity index (χ2v) is 11.2. The summed E-state index contributed by atoms with van der Waals surface area (Å²) in [6.07, 6.45) is 1.26. The molecule has 0 bridgehead atoms. The minimum atomic E-state index is -0.681. The zero-order valence-electron chi connectivity index (χ0n) is 24.6. The van der Waals surface area contributed by atoms with E-state index in [4.69, 9.17) is 15.2 Å². The lowest BCUT2D eigenvalue weighted by atomic mass is 10.1. The molecule has 1 amide bonds. The first kappa shape index (κ1) is 29.8.